The fourth-order valence-corrected chi connectivity index (χ4v) is 2.77. The Kier molecular flexibility index (Phi) is 5.14. The summed E-state index contributed by atoms with van der Waals surface area (Å²) in [5.41, 5.74) is 9.68. The molecule has 0 bridgehead atoms. The molecule has 3 rings (SSSR count). The molecule has 0 unspecified atom stereocenters. The summed E-state index contributed by atoms with van der Waals surface area (Å²) in [6.45, 7) is 4.20. The molecule has 2 heterocycles. The Labute approximate surface area is 152 Å². The Balaban J connectivity index is 2.26. The monoisotopic (exact) mass is 350 g/mol. The number of hydrogen-bond acceptors (Lipinski definition) is 5. The summed E-state index contributed by atoms with van der Waals surface area (Å²) in [7, 11) is 1.59. The molecule has 6 heteroatoms. The number of benzene rings is 1. The van der Waals surface area contributed by atoms with Crippen molar-refractivity contribution in [1.29, 1.82) is 0 Å². The van der Waals surface area contributed by atoms with Gasteiger partial charge in [0.1, 0.15) is 11.5 Å². The molecular weight excluding hydrogens is 328 g/mol. The molecule has 0 saturated carbocycles. The minimum Gasteiger partial charge on any atom is -0.382 e. The van der Waals surface area contributed by atoms with Gasteiger partial charge in [0.2, 0.25) is 0 Å². The van der Waals surface area contributed by atoms with E-state index in [2.05, 4.69) is 4.98 Å². The average Bonchev–Trinajstić information content (AvgIpc) is 2.64. The summed E-state index contributed by atoms with van der Waals surface area (Å²) >= 11 is 0. The fraction of sp³-hybridized carbons (Fsp3) is 0.250. The first kappa shape index (κ1) is 17.8. The van der Waals surface area contributed by atoms with E-state index < -0.39 is 0 Å². The molecule has 0 fully saturated rings. The molecule has 0 aliphatic rings. The van der Waals surface area contributed by atoms with Gasteiger partial charge in [-0.15, -0.1) is 0 Å². The summed E-state index contributed by atoms with van der Waals surface area (Å²) in [5.74, 6) is 0.339. The number of hydrogen-bond donors (Lipinski definition) is 1. The highest BCUT2D eigenvalue weighted by atomic mass is 16.5. The number of nitrogens with zero attached hydrogens (tertiary/aromatic N) is 3. The molecule has 134 valence electrons. The van der Waals surface area contributed by atoms with Crippen LogP contribution in [-0.2, 0) is 11.3 Å². The third-order valence-corrected chi connectivity index (χ3v) is 4.10. The number of rotatable bonds is 5. The molecule has 0 aliphatic carbocycles. The molecule has 2 N–H and O–H groups in total. The van der Waals surface area contributed by atoms with E-state index >= 15 is 0 Å². The van der Waals surface area contributed by atoms with Gasteiger partial charge in [-0.05, 0) is 19.9 Å². The van der Waals surface area contributed by atoms with Crippen LogP contribution in [-0.4, -0.2) is 21.6 Å². The van der Waals surface area contributed by atoms with E-state index in [-0.39, 0.29) is 18.2 Å². The molecular formula is C20H22N4O2. The van der Waals surface area contributed by atoms with Gasteiger partial charge in [0.05, 0.1) is 18.0 Å². The number of methoxy groups -OCH3 is 1. The quantitative estimate of drug-likeness (QED) is 0.763. The highest BCUT2D eigenvalue weighted by Crippen LogP contribution is 2.30. The van der Waals surface area contributed by atoms with Crippen LogP contribution in [0.25, 0.3) is 22.5 Å². The van der Waals surface area contributed by atoms with Crippen molar-refractivity contribution >= 4 is 5.82 Å². The molecule has 0 amide bonds. The Morgan fingerprint density at radius 2 is 1.73 bits per heavy atom. The lowest BCUT2D eigenvalue weighted by Gasteiger charge is -2.15. The summed E-state index contributed by atoms with van der Waals surface area (Å²) in [6.07, 6.45) is 1.82. The van der Waals surface area contributed by atoms with Gasteiger partial charge in [0, 0.05) is 36.5 Å². The van der Waals surface area contributed by atoms with Crippen molar-refractivity contribution in [2.45, 2.75) is 26.5 Å². The van der Waals surface area contributed by atoms with Crippen LogP contribution < -0.4 is 11.3 Å². The van der Waals surface area contributed by atoms with E-state index in [0.717, 1.165) is 11.1 Å². The van der Waals surface area contributed by atoms with Gasteiger partial charge in [0.15, 0.2) is 0 Å². The number of nitrogens with two attached hydrogens (primary N) is 1. The van der Waals surface area contributed by atoms with Crippen LogP contribution in [0.4, 0.5) is 5.82 Å². The van der Waals surface area contributed by atoms with E-state index in [0.29, 0.717) is 22.9 Å². The second-order valence-corrected chi connectivity index (χ2v) is 6.31. The van der Waals surface area contributed by atoms with Crippen LogP contribution >= 0.6 is 0 Å². The predicted octanol–water partition coefficient (Wildman–Crippen LogP) is 3.28. The third kappa shape index (κ3) is 3.50. The predicted molar refractivity (Wildman–Crippen MR) is 103 cm³/mol. The van der Waals surface area contributed by atoms with Crippen LogP contribution in [0.1, 0.15) is 25.6 Å². The van der Waals surface area contributed by atoms with Crippen LogP contribution in [0.2, 0.25) is 0 Å². The van der Waals surface area contributed by atoms with Crippen LogP contribution in [0.15, 0.2) is 53.5 Å². The molecule has 2 aromatic heterocycles. The maximum absolute atomic E-state index is 12.1. The number of aromatic nitrogens is 3. The standard InChI is InChI=1S/C20H22N4O2/c1-13(2)24-11-15(9-10-17(24)25)19-18(14-7-5-4-6-8-14)23-20(21)16(22-19)12-26-3/h4-11,13H,12H2,1-3H3,(H2,21,23). The SMILES string of the molecule is COCc1nc(-c2ccc(=O)n(C(C)C)c2)c(-c2ccccc2)nc1N. The van der Waals surface area contributed by atoms with E-state index in [4.69, 9.17) is 15.5 Å². The lowest BCUT2D eigenvalue weighted by atomic mass is 10.0. The molecule has 0 atom stereocenters. The normalized spacial score (nSPS) is 11.1. The van der Waals surface area contributed by atoms with Gasteiger partial charge in [0.25, 0.3) is 5.56 Å². The zero-order valence-electron chi connectivity index (χ0n) is 15.1. The van der Waals surface area contributed by atoms with E-state index in [9.17, 15) is 4.79 Å². The van der Waals surface area contributed by atoms with Crippen molar-refractivity contribution < 1.29 is 4.74 Å². The van der Waals surface area contributed by atoms with Crippen LogP contribution in [0.5, 0.6) is 0 Å². The first-order valence-corrected chi connectivity index (χ1v) is 8.44. The van der Waals surface area contributed by atoms with Crippen molar-refractivity contribution in [2.75, 3.05) is 12.8 Å². The Bertz CT molecular complexity index is 965. The maximum atomic E-state index is 12.1. The molecule has 3 aromatic rings. The van der Waals surface area contributed by atoms with Gasteiger partial charge < -0.3 is 15.0 Å². The zero-order chi connectivity index (χ0) is 18.7. The molecule has 6 nitrogen and oxygen atoms in total. The largest absolute Gasteiger partial charge is 0.382 e. The first-order chi connectivity index (χ1) is 12.5. The molecule has 0 radical (unpaired) electrons. The van der Waals surface area contributed by atoms with E-state index in [1.165, 1.54) is 0 Å². The number of anilines is 1. The average molecular weight is 350 g/mol. The third-order valence-electron chi connectivity index (χ3n) is 4.10. The van der Waals surface area contributed by atoms with Crippen LogP contribution in [0.3, 0.4) is 0 Å². The Morgan fingerprint density at radius 1 is 1.04 bits per heavy atom. The van der Waals surface area contributed by atoms with Crippen molar-refractivity contribution in [3.63, 3.8) is 0 Å². The summed E-state index contributed by atoms with van der Waals surface area (Å²) in [5, 5.41) is 0. The molecule has 26 heavy (non-hydrogen) atoms. The Hall–Kier alpha value is -2.99. The first-order valence-electron chi connectivity index (χ1n) is 8.44. The van der Waals surface area contributed by atoms with Gasteiger partial charge in [-0.3, -0.25) is 4.79 Å². The lowest BCUT2D eigenvalue weighted by Crippen LogP contribution is -2.20. The molecule has 1 aromatic carbocycles. The molecule has 0 aliphatic heterocycles. The Morgan fingerprint density at radius 3 is 2.38 bits per heavy atom. The smallest absolute Gasteiger partial charge is 0.250 e. The number of nitrogen functional groups attached to an aromatic ring is 1. The van der Waals surface area contributed by atoms with Crippen LogP contribution in [0, 0.1) is 0 Å². The maximum Gasteiger partial charge on any atom is 0.250 e. The highest BCUT2D eigenvalue weighted by molar-refractivity contribution is 5.78. The second kappa shape index (κ2) is 7.49. The highest BCUT2D eigenvalue weighted by Gasteiger charge is 2.16. The van der Waals surface area contributed by atoms with E-state index in [1.54, 1.807) is 23.8 Å². The fourth-order valence-electron chi connectivity index (χ4n) is 2.77. The van der Waals surface area contributed by atoms with Crippen molar-refractivity contribution in [1.82, 2.24) is 14.5 Å². The minimum atomic E-state index is -0.0504. The lowest BCUT2D eigenvalue weighted by molar-refractivity contribution is 0.182. The number of ether oxygens (including phenoxy) is 1. The number of pyridine rings is 1. The molecule has 0 saturated heterocycles. The topological polar surface area (TPSA) is 83.0 Å². The van der Waals surface area contributed by atoms with E-state index in [1.807, 2.05) is 50.4 Å². The summed E-state index contributed by atoms with van der Waals surface area (Å²) in [4.78, 5) is 21.4. The van der Waals surface area contributed by atoms with Crippen molar-refractivity contribution in [2.24, 2.45) is 0 Å². The van der Waals surface area contributed by atoms with Gasteiger partial charge in [-0.25, -0.2) is 9.97 Å². The van der Waals surface area contributed by atoms with Crippen molar-refractivity contribution in [3.05, 3.63) is 64.7 Å². The van der Waals surface area contributed by atoms with Gasteiger partial charge >= 0.3 is 0 Å². The van der Waals surface area contributed by atoms with Gasteiger partial charge in [-0.2, -0.15) is 0 Å². The minimum absolute atomic E-state index is 0.0443. The summed E-state index contributed by atoms with van der Waals surface area (Å²) in [6, 6.07) is 13.1. The molecule has 0 spiro atoms. The van der Waals surface area contributed by atoms with Crippen molar-refractivity contribution in [3.8, 4) is 22.5 Å². The van der Waals surface area contributed by atoms with Gasteiger partial charge in [-0.1, -0.05) is 30.3 Å². The second-order valence-electron chi connectivity index (χ2n) is 6.31. The zero-order valence-corrected chi connectivity index (χ0v) is 15.1. The summed E-state index contributed by atoms with van der Waals surface area (Å²) < 4.78 is 6.87.